The van der Waals surface area contributed by atoms with Gasteiger partial charge in [-0.15, -0.1) is 0 Å². The van der Waals surface area contributed by atoms with Crippen molar-refractivity contribution >= 4 is 31.9 Å². The highest BCUT2D eigenvalue weighted by Gasteiger charge is 2.17. The lowest BCUT2D eigenvalue weighted by atomic mass is 10.00. The zero-order chi connectivity index (χ0) is 14.5. The highest BCUT2D eigenvalue weighted by Crippen LogP contribution is 2.29. The van der Waals surface area contributed by atoms with Gasteiger partial charge in [0.25, 0.3) is 0 Å². The molecule has 0 amide bonds. The molecule has 20 heavy (non-hydrogen) atoms. The van der Waals surface area contributed by atoms with Crippen LogP contribution >= 0.6 is 31.9 Å². The van der Waals surface area contributed by atoms with Crippen molar-refractivity contribution in [2.75, 3.05) is 6.54 Å². The second-order valence-corrected chi connectivity index (χ2v) is 6.38. The number of hydrogen-bond donors (Lipinski definition) is 1. The molecule has 0 aliphatic carbocycles. The number of rotatable bonds is 5. The van der Waals surface area contributed by atoms with Gasteiger partial charge >= 0.3 is 0 Å². The van der Waals surface area contributed by atoms with Gasteiger partial charge < -0.3 is 5.32 Å². The molecule has 0 radical (unpaired) electrons. The van der Waals surface area contributed by atoms with Crippen molar-refractivity contribution in [3.63, 3.8) is 0 Å². The summed E-state index contributed by atoms with van der Waals surface area (Å²) in [6, 6.07) is 10.8. The van der Waals surface area contributed by atoms with Crippen molar-refractivity contribution in [3.8, 4) is 0 Å². The quantitative estimate of drug-likeness (QED) is 0.778. The molecule has 1 heterocycles. The second-order valence-electron chi connectivity index (χ2n) is 4.61. The highest BCUT2D eigenvalue weighted by atomic mass is 79.9. The van der Waals surface area contributed by atoms with Crippen molar-refractivity contribution in [1.29, 1.82) is 0 Å². The molecular formula is C16H18Br2N2. The number of aryl methyl sites for hydroxylation is 1. The van der Waals surface area contributed by atoms with Crippen LogP contribution in [-0.2, 0) is 6.42 Å². The summed E-state index contributed by atoms with van der Waals surface area (Å²) in [6.07, 6.45) is 2.88. The molecule has 0 saturated heterocycles. The summed E-state index contributed by atoms with van der Waals surface area (Å²) < 4.78 is 1.99. The zero-order valence-electron chi connectivity index (χ0n) is 11.7. The van der Waals surface area contributed by atoms with Crippen molar-refractivity contribution < 1.29 is 0 Å². The third-order valence-corrected chi connectivity index (χ3v) is 4.28. The maximum Gasteiger partial charge on any atom is 0.0763 e. The molecule has 0 aliphatic heterocycles. The van der Waals surface area contributed by atoms with E-state index in [1.807, 2.05) is 12.3 Å². The maximum atomic E-state index is 4.57. The predicted octanol–water partition coefficient (Wildman–Crippen LogP) is 4.87. The van der Waals surface area contributed by atoms with E-state index in [0.29, 0.717) is 0 Å². The van der Waals surface area contributed by atoms with E-state index in [1.165, 1.54) is 11.1 Å². The summed E-state index contributed by atoms with van der Waals surface area (Å²) in [7, 11) is 0. The first-order chi connectivity index (χ1) is 9.65. The van der Waals surface area contributed by atoms with Crippen molar-refractivity contribution in [2.45, 2.75) is 26.3 Å². The van der Waals surface area contributed by atoms with Crippen molar-refractivity contribution in [2.24, 2.45) is 0 Å². The topological polar surface area (TPSA) is 24.9 Å². The maximum absolute atomic E-state index is 4.57. The van der Waals surface area contributed by atoms with E-state index in [2.05, 4.69) is 80.3 Å². The molecule has 0 bridgehead atoms. The van der Waals surface area contributed by atoms with Gasteiger partial charge in [0.15, 0.2) is 0 Å². The van der Waals surface area contributed by atoms with E-state index in [4.69, 9.17) is 0 Å². The van der Waals surface area contributed by atoms with Crippen LogP contribution < -0.4 is 5.32 Å². The molecule has 1 unspecified atom stereocenters. The third kappa shape index (κ3) is 3.68. The fourth-order valence-corrected chi connectivity index (χ4v) is 3.42. The molecule has 1 aromatic heterocycles. The van der Waals surface area contributed by atoms with E-state index in [1.54, 1.807) is 0 Å². The minimum Gasteiger partial charge on any atom is -0.305 e. The van der Waals surface area contributed by atoms with Crippen LogP contribution in [0.4, 0.5) is 0 Å². The largest absolute Gasteiger partial charge is 0.305 e. The van der Waals surface area contributed by atoms with Gasteiger partial charge in [-0.1, -0.05) is 38.1 Å². The van der Waals surface area contributed by atoms with Crippen LogP contribution in [0.5, 0.6) is 0 Å². The van der Waals surface area contributed by atoms with E-state index in [9.17, 15) is 0 Å². The molecule has 0 fully saturated rings. The van der Waals surface area contributed by atoms with Gasteiger partial charge in [-0.3, -0.25) is 4.98 Å². The Morgan fingerprint density at radius 3 is 2.65 bits per heavy atom. The molecule has 2 rings (SSSR count). The molecule has 4 heteroatoms. The number of hydrogen-bond acceptors (Lipinski definition) is 2. The molecular weight excluding hydrogens is 380 g/mol. The van der Waals surface area contributed by atoms with Gasteiger partial charge in [0, 0.05) is 15.1 Å². The summed E-state index contributed by atoms with van der Waals surface area (Å²) in [4.78, 5) is 4.57. The van der Waals surface area contributed by atoms with E-state index < -0.39 is 0 Å². The zero-order valence-corrected chi connectivity index (χ0v) is 14.8. The van der Waals surface area contributed by atoms with Crippen LogP contribution in [-0.4, -0.2) is 11.5 Å². The monoisotopic (exact) mass is 396 g/mol. The molecule has 0 spiro atoms. The Bertz CT molecular complexity index is 584. The Labute approximate surface area is 137 Å². The fraction of sp³-hybridized carbons (Fsp3) is 0.312. The Morgan fingerprint density at radius 2 is 2.00 bits per heavy atom. The SMILES string of the molecule is CCNC(c1cccc(CC)c1)c1ncc(Br)cc1Br. The standard InChI is InChI=1S/C16H18Br2N2/c1-3-11-6-5-7-12(8-11)15(19-4-2)16-14(18)9-13(17)10-20-16/h5-10,15,19H,3-4H2,1-2H3. The Morgan fingerprint density at radius 1 is 1.20 bits per heavy atom. The summed E-state index contributed by atoms with van der Waals surface area (Å²) in [6.45, 7) is 5.18. The molecule has 1 atom stereocenters. The first-order valence-electron chi connectivity index (χ1n) is 6.78. The van der Waals surface area contributed by atoms with Gasteiger partial charge in [0.05, 0.1) is 11.7 Å². The van der Waals surface area contributed by atoms with Gasteiger partial charge in [-0.25, -0.2) is 0 Å². The van der Waals surface area contributed by atoms with E-state index in [0.717, 1.165) is 27.6 Å². The Balaban J connectivity index is 2.44. The molecule has 1 N–H and O–H groups in total. The van der Waals surface area contributed by atoms with Crippen molar-refractivity contribution in [1.82, 2.24) is 10.3 Å². The highest BCUT2D eigenvalue weighted by molar-refractivity contribution is 9.11. The summed E-state index contributed by atoms with van der Waals surface area (Å²) in [5.41, 5.74) is 3.61. The molecule has 2 nitrogen and oxygen atoms in total. The van der Waals surface area contributed by atoms with Crippen LogP contribution in [0.2, 0.25) is 0 Å². The molecule has 106 valence electrons. The predicted molar refractivity (Wildman–Crippen MR) is 91.0 cm³/mol. The summed E-state index contributed by atoms with van der Waals surface area (Å²) >= 11 is 7.07. The Kier molecular flexibility index (Phi) is 5.75. The average molecular weight is 398 g/mol. The summed E-state index contributed by atoms with van der Waals surface area (Å²) in [5.74, 6) is 0. The first-order valence-corrected chi connectivity index (χ1v) is 8.37. The number of halogens is 2. The number of aromatic nitrogens is 1. The van der Waals surface area contributed by atoms with Crippen LogP contribution in [0, 0.1) is 0 Å². The van der Waals surface area contributed by atoms with Gasteiger partial charge in [-0.2, -0.15) is 0 Å². The number of pyridine rings is 1. The van der Waals surface area contributed by atoms with Crippen LogP contribution in [0.3, 0.4) is 0 Å². The molecule has 0 saturated carbocycles. The van der Waals surface area contributed by atoms with Crippen LogP contribution in [0.1, 0.15) is 36.7 Å². The smallest absolute Gasteiger partial charge is 0.0763 e. The summed E-state index contributed by atoms with van der Waals surface area (Å²) in [5, 5.41) is 3.52. The third-order valence-electron chi connectivity index (χ3n) is 3.21. The minimum atomic E-state index is 0.106. The minimum absolute atomic E-state index is 0.106. The molecule has 2 aromatic rings. The van der Waals surface area contributed by atoms with Gasteiger partial charge in [0.1, 0.15) is 0 Å². The van der Waals surface area contributed by atoms with Crippen LogP contribution in [0.15, 0.2) is 45.5 Å². The first kappa shape index (κ1) is 15.7. The van der Waals surface area contributed by atoms with Gasteiger partial charge in [0.2, 0.25) is 0 Å². The average Bonchev–Trinajstić information content (AvgIpc) is 2.45. The number of benzene rings is 1. The molecule has 0 aliphatic rings. The lowest BCUT2D eigenvalue weighted by Crippen LogP contribution is -2.23. The molecule has 1 aromatic carbocycles. The Hall–Kier alpha value is -0.710. The lowest BCUT2D eigenvalue weighted by Gasteiger charge is -2.20. The number of nitrogens with zero attached hydrogens (tertiary/aromatic N) is 1. The fourth-order valence-electron chi connectivity index (χ4n) is 2.21. The number of nitrogens with one attached hydrogen (secondary N) is 1. The van der Waals surface area contributed by atoms with E-state index >= 15 is 0 Å². The second kappa shape index (κ2) is 7.34. The van der Waals surface area contributed by atoms with E-state index in [-0.39, 0.29) is 6.04 Å². The van der Waals surface area contributed by atoms with Crippen molar-refractivity contribution in [3.05, 3.63) is 62.3 Å². The normalized spacial score (nSPS) is 12.4. The van der Waals surface area contributed by atoms with Gasteiger partial charge in [-0.05, 0) is 62.0 Å². The lowest BCUT2D eigenvalue weighted by molar-refractivity contribution is 0.612. The van der Waals surface area contributed by atoms with Crippen LogP contribution in [0.25, 0.3) is 0 Å².